The van der Waals surface area contributed by atoms with Gasteiger partial charge in [0.15, 0.2) is 0 Å². The fraction of sp³-hybridized carbons (Fsp3) is 0.0638. The van der Waals surface area contributed by atoms with Crippen LogP contribution in [0, 0.1) is 0 Å². The highest BCUT2D eigenvalue weighted by molar-refractivity contribution is 6.25. The molecule has 1 heterocycles. The van der Waals surface area contributed by atoms with Crippen LogP contribution in [0.15, 0.2) is 150 Å². The lowest BCUT2D eigenvalue weighted by Crippen LogP contribution is -2.15. The number of benzene rings is 9. The summed E-state index contributed by atoms with van der Waals surface area (Å²) >= 11 is 0. The standard InChI is InChI=1S/C47H30O/c1-47(2)40-25-31(33-20-16-29-15-14-27-9-7-10-28-17-22-37(33)44(29)43(27)28)19-23-38(40)45-39(24-30-8-3-4-11-34(30)46(45)47)32-18-21-36-35-12-5-6-13-41(35)48-42(36)26-32/h3-26H,1-2H3. The van der Waals surface area contributed by atoms with Crippen LogP contribution < -0.4 is 0 Å². The van der Waals surface area contributed by atoms with Crippen LogP contribution in [0.3, 0.4) is 0 Å². The Kier molecular flexibility index (Phi) is 4.97. The molecule has 1 aliphatic rings. The van der Waals surface area contributed by atoms with Crippen molar-refractivity contribution < 1.29 is 4.42 Å². The molecule has 0 unspecified atom stereocenters. The first-order chi connectivity index (χ1) is 23.5. The van der Waals surface area contributed by atoms with Gasteiger partial charge in [0.1, 0.15) is 11.2 Å². The summed E-state index contributed by atoms with van der Waals surface area (Å²) in [6.45, 7) is 4.81. The van der Waals surface area contributed by atoms with Gasteiger partial charge in [0.05, 0.1) is 0 Å². The zero-order valence-corrected chi connectivity index (χ0v) is 26.8. The van der Waals surface area contributed by atoms with Gasteiger partial charge in [0, 0.05) is 16.2 Å². The molecule has 0 spiro atoms. The van der Waals surface area contributed by atoms with Crippen LogP contribution in [0.5, 0.6) is 0 Å². The summed E-state index contributed by atoms with van der Waals surface area (Å²) in [6.07, 6.45) is 0. The highest BCUT2D eigenvalue weighted by Gasteiger charge is 2.39. The van der Waals surface area contributed by atoms with Crippen molar-refractivity contribution in [2.75, 3.05) is 0 Å². The molecular weight excluding hydrogens is 581 g/mol. The van der Waals surface area contributed by atoms with E-state index in [2.05, 4.69) is 153 Å². The maximum Gasteiger partial charge on any atom is 0.136 e. The van der Waals surface area contributed by atoms with Crippen molar-refractivity contribution in [3.05, 3.63) is 157 Å². The Morgan fingerprint density at radius 2 is 1.04 bits per heavy atom. The van der Waals surface area contributed by atoms with E-state index in [9.17, 15) is 0 Å². The van der Waals surface area contributed by atoms with Crippen molar-refractivity contribution in [1.82, 2.24) is 0 Å². The van der Waals surface area contributed by atoms with Crippen LogP contribution >= 0.6 is 0 Å². The van der Waals surface area contributed by atoms with Gasteiger partial charge in [-0.05, 0) is 118 Å². The van der Waals surface area contributed by atoms with Gasteiger partial charge in [-0.15, -0.1) is 0 Å². The minimum absolute atomic E-state index is 0.191. The molecule has 10 aromatic rings. The molecule has 0 radical (unpaired) electrons. The summed E-state index contributed by atoms with van der Waals surface area (Å²) in [4.78, 5) is 0. The van der Waals surface area contributed by atoms with Crippen molar-refractivity contribution in [1.29, 1.82) is 0 Å². The lowest BCUT2D eigenvalue weighted by atomic mass is 9.78. The second kappa shape index (κ2) is 9.12. The molecule has 0 saturated heterocycles. The van der Waals surface area contributed by atoms with Crippen molar-refractivity contribution in [2.24, 2.45) is 0 Å². The van der Waals surface area contributed by atoms with Crippen LogP contribution in [0.2, 0.25) is 0 Å². The predicted molar refractivity (Wildman–Crippen MR) is 203 cm³/mol. The number of rotatable bonds is 2. The van der Waals surface area contributed by atoms with Gasteiger partial charge in [-0.1, -0.05) is 129 Å². The quantitative estimate of drug-likeness (QED) is 0.178. The summed E-state index contributed by atoms with van der Waals surface area (Å²) in [6, 6.07) is 53.9. The molecule has 48 heavy (non-hydrogen) atoms. The Morgan fingerprint density at radius 1 is 0.417 bits per heavy atom. The lowest BCUT2D eigenvalue weighted by molar-refractivity contribution is 0.666. The predicted octanol–water partition coefficient (Wildman–Crippen LogP) is 13.3. The number of fused-ring (bicyclic) bond motifs is 8. The van der Waals surface area contributed by atoms with E-state index in [1.165, 1.54) is 87.6 Å². The minimum Gasteiger partial charge on any atom is -0.456 e. The maximum absolute atomic E-state index is 6.37. The van der Waals surface area contributed by atoms with E-state index in [-0.39, 0.29) is 5.41 Å². The summed E-state index contributed by atoms with van der Waals surface area (Å²) in [7, 11) is 0. The molecule has 0 saturated carbocycles. The SMILES string of the molecule is CC1(C)c2cc(-c3ccc4ccc5cccc6ccc3c4c56)ccc2-c2c(-c3ccc4c(c3)oc3ccccc34)cc3ccccc3c21. The molecule has 11 rings (SSSR count). The van der Waals surface area contributed by atoms with E-state index in [0.29, 0.717) is 0 Å². The van der Waals surface area contributed by atoms with E-state index in [1.807, 2.05) is 6.07 Å². The average molecular weight is 611 g/mol. The second-order valence-corrected chi connectivity index (χ2v) is 14.1. The molecule has 0 atom stereocenters. The van der Waals surface area contributed by atoms with Gasteiger partial charge in [0.2, 0.25) is 0 Å². The van der Waals surface area contributed by atoms with E-state index in [4.69, 9.17) is 4.42 Å². The number of hydrogen-bond donors (Lipinski definition) is 0. The van der Waals surface area contributed by atoms with E-state index >= 15 is 0 Å². The number of furan rings is 1. The highest BCUT2D eigenvalue weighted by atomic mass is 16.3. The molecule has 0 amide bonds. The fourth-order valence-corrected chi connectivity index (χ4v) is 8.97. The third-order valence-corrected chi connectivity index (χ3v) is 11.2. The summed E-state index contributed by atoms with van der Waals surface area (Å²) in [5.74, 6) is 0. The lowest BCUT2D eigenvalue weighted by Gasteiger charge is -2.24. The first kappa shape index (κ1) is 26.2. The topological polar surface area (TPSA) is 13.1 Å². The largest absolute Gasteiger partial charge is 0.456 e. The zero-order chi connectivity index (χ0) is 31.7. The third kappa shape index (κ3) is 3.35. The smallest absolute Gasteiger partial charge is 0.136 e. The van der Waals surface area contributed by atoms with Crippen molar-refractivity contribution in [3.63, 3.8) is 0 Å². The molecule has 1 aliphatic carbocycles. The molecule has 0 bridgehead atoms. The minimum atomic E-state index is -0.191. The van der Waals surface area contributed by atoms with Gasteiger partial charge in [0.25, 0.3) is 0 Å². The molecule has 0 N–H and O–H groups in total. The Bertz CT molecular complexity index is 2960. The fourth-order valence-electron chi connectivity index (χ4n) is 8.97. The molecule has 1 heteroatoms. The number of para-hydroxylation sites is 1. The molecule has 1 aromatic heterocycles. The van der Waals surface area contributed by atoms with Gasteiger partial charge < -0.3 is 4.42 Å². The maximum atomic E-state index is 6.37. The molecule has 224 valence electrons. The molecule has 0 fully saturated rings. The Balaban J connectivity index is 1.16. The first-order valence-corrected chi connectivity index (χ1v) is 16.8. The van der Waals surface area contributed by atoms with E-state index in [0.717, 1.165) is 21.9 Å². The van der Waals surface area contributed by atoms with Crippen molar-refractivity contribution in [2.45, 2.75) is 19.3 Å². The molecule has 9 aromatic carbocycles. The van der Waals surface area contributed by atoms with Crippen LogP contribution in [0.25, 0.3) is 98.4 Å². The monoisotopic (exact) mass is 610 g/mol. The van der Waals surface area contributed by atoms with Crippen molar-refractivity contribution >= 4 is 65.0 Å². The van der Waals surface area contributed by atoms with E-state index < -0.39 is 0 Å². The van der Waals surface area contributed by atoms with Gasteiger partial charge in [-0.2, -0.15) is 0 Å². The summed E-state index contributed by atoms with van der Waals surface area (Å²) in [5.41, 5.74) is 12.1. The van der Waals surface area contributed by atoms with Gasteiger partial charge in [-0.3, -0.25) is 0 Å². The van der Waals surface area contributed by atoms with Crippen LogP contribution in [-0.2, 0) is 5.41 Å². The molecule has 0 aliphatic heterocycles. The molecule has 1 nitrogen and oxygen atoms in total. The van der Waals surface area contributed by atoms with Crippen LogP contribution in [-0.4, -0.2) is 0 Å². The van der Waals surface area contributed by atoms with E-state index in [1.54, 1.807) is 0 Å². The third-order valence-electron chi connectivity index (χ3n) is 11.2. The summed E-state index contributed by atoms with van der Waals surface area (Å²) < 4.78 is 6.37. The second-order valence-electron chi connectivity index (χ2n) is 14.1. The average Bonchev–Trinajstić information content (AvgIpc) is 3.61. The normalized spacial score (nSPS) is 13.8. The highest BCUT2D eigenvalue weighted by Crippen LogP contribution is 2.56. The van der Waals surface area contributed by atoms with Gasteiger partial charge >= 0.3 is 0 Å². The summed E-state index contributed by atoms with van der Waals surface area (Å²) in [5, 5.41) is 12.8. The Hall–Kier alpha value is -5.92. The molecular formula is C47H30O. The van der Waals surface area contributed by atoms with Crippen LogP contribution in [0.1, 0.15) is 25.0 Å². The Morgan fingerprint density at radius 3 is 1.92 bits per heavy atom. The van der Waals surface area contributed by atoms with Crippen LogP contribution in [0.4, 0.5) is 0 Å². The van der Waals surface area contributed by atoms with Crippen molar-refractivity contribution in [3.8, 4) is 33.4 Å². The first-order valence-electron chi connectivity index (χ1n) is 16.8. The van der Waals surface area contributed by atoms with Gasteiger partial charge in [-0.25, -0.2) is 0 Å². The Labute approximate surface area is 278 Å². The number of hydrogen-bond acceptors (Lipinski definition) is 1. The zero-order valence-electron chi connectivity index (χ0n) is 26.8.